The van der Waals surface area contributed by atoms with Crippen LogP contribution in [0.4, 0.5) is 0 Å². The molecule has 0 aromatic carbocycles. The Morgan fingerprint density at radius 2 is 2.57 bits per heavy atom. The van der Waals surface area contributed by atoms with Crippen LogP contribution in [0.25, 0.3) is 0 Å². The molecule has 0 bridgehead atoms. The third-order valence-electron chi connectivity index (χ3n) is 1.13. The highest BCUT2D eigenvalue weighted by Crippen LogP contribution is 1.88. The number of hydrazine groups is 2. The van der Waals surface area contributed by atoms with E-state index in [1.54, 1.807) is 0 Å². The summed E-state index contributed by atoms with van der Waals surface area (Å²) in [5.41, 5.74) is 6.11. The molecule has 0 aliphatic carbocycles. The molecule has 0 atom stereocenters. The van der Waals surface area contributed by atoms with Gasteiger partial charge in [-0.1, -0.05) is 0 Å². The summed E-state index contributed by atoms with van der Waals surface area (Å²) in [5, 5.41) is 1.99. The molecule has 3 nitrogen and oxygen atoms in total. The summed E-state index contributed by atoms with van der Waals surface area (Å²) in [5.74, 6) is 0. The van der Waals surface area contributed by atoms with Gasteiger partial charge in [-0.2, -0.15) is 5.12 Å². The smallest absolute Gasteiger partial charge is 0.0300 e. The van der Waals surface area contributed by atoms with Gasteiger partial charge in [0.2, 0.25) is 0 Å². The monoisotopic (exact) mass is 101 g/mol. The van der Waals surface area contributed by atoms with E-state index in [1.165, 1.54) is 6.42 Å². The minimum Gasteiger partial charge on any atom is -0.245 e. The second-order valence-electron chi connectivity index (χ2n) is 1.64. The maximum Gasteiger partial charge on any atom is 0.0300 e. The highest BCUT2D eigenvalue weighted by atomic mass is 15.7. The molecule has 7 heavy (non-hydrogen) atoms. The van der Waals surface area contributed by atoms with Gasteiger partial charge in [-0.15, -0.1) is 0 Å². The molecule has 1 rings (SSSR count). The topological polar surface area (TPSA) is 27.3 Å². The standard InChI is InChI=1S/C4H11N3/c1-5-7-4-2-3-6-7/h5-6H,2-4H2,1H3. The van der Waals surface area contributed by atoms with Crippen LogP contribution in [-0.4, -0.2) is 25.3 Å². The summed E-state index contributed by atoms with van der Waals surface area (Å²) in [6.45, 7) is 2.23. The first-order valence-electron chi connectivity index (χ1n) is 2.62. The number of nitrogens with zero attached hydrogens (tertiary/aromatic N) is 1. The molecule has 0 aromatic heterocycles. The molecule has 0 aromatic rings. The van der Waals surface area contributed by atoms with Gasteiger partial charge in [-0.3, -0.25) is 0 Å². The van der Waals surface area contributed by atoms with Gasteiger partial charge in [0.15, 0.2) is 0 Å². The summed E-state index contributed by atoms with van der Waals surface area (Å²) in [6, 6.07) is 0. The van der Waals surface area contributed by atoms with E-state index < -0.39 is 0 Å². The highest BCUT2D eigenvalue weighted by Gasteiger charge is 2.05. The molecule has 1 fully saturated rings. The van der Waals surface area contributed by atoms with E-state index in [1.807, 2.05) is 12.2 Å². The van der Waals surface area contributed by atoms with Gasteiger partial charge in [0, 0.05) is 20.1 Å². The Kier molecular flexibility index (Phi) is 1.62. The summed E-state index contributed by atoms with van der Waals surface area (Å²) in [7, 11) is 1.92. The molecule has 2 N–H and O–H groups in total. The molecule has 3 heteroatoms. The van der Waals surface area contributed by atoms with Crippen LogP contribution in [0.15, 0.2) is 0 Å². The van der Waals surface area contributed by atoms with Crippen molar-refractivity contribution in [2.45, 2.75) is 6.42 Å². The van der Waals surface area contributed by atoms with Crippen molar-refractivity contribution in [3.05, 3.63) is 0 Å². The Labute approximate surface area is 43.6 Å². The second-order valence-corrected chi connectivity index (χ2v) is 1.64. The molecule has 0 saturated carbocycles. The van der Waals surface area contributed by atoms with E-state index in [2.05, 4.69) is 10.9 Å². The Morgan fingerprint density at radius 1 is 1.71 bits per heavy atom. The Hall–Kier alpha value is -0.120. The zero-order chi connectivity index (χ0) is 5.11. The molecule has 0 radical (unpaired) electrons. The lowest BCUT2D eigenvalue weighted by Crippen LogP contribution is -2.40. The van der Waals surface area contributed by atoms with E-state index >= 15 is 0 Å². The van der Waals surface area contributed by atoms with E-state index in [0.29, 0.717) is 0 Å². The van der Waals surface area contributed by atoms with Crippen LogP contribution >= 0.6 is 0 Å². The predicted molar refractivity (Wildman–Crippen MR) is 28.4 cm³/mol. The van der Waals surface area contributed by atoms with Crippen LogP contribution in [-0.2, 0) is 0 Å². The van der Waals surface area contributed by atoms with Gasteiger partial charge in [0.25, 0.3) is 0 Å². The van der Waals surface area contributed by atoms with Crippen LogP contribution in [0.3, 0.4) is 0 Å². The number of hydrogen-bond donors (Lipinski definition) is 2. The largest absolute Gasteiger partial charge is 0.245 e. The molecule has 0 unspecified atom stereocenters. The van der Waals surface area contributed by atoms with Crippen LogP contribution < -0.4 is 10.9 Å². The van der Waals surface area contributed by atoms with Crippen LogP contribution in [0.2, 0.25) is 0 Å². The lowest BCUT2D eigenvalue weighted by Gasteiger charge is -2.10. The van der Waals surface area contributed by atoms with Gasteiger partial charge < -0.3 is 0 Å². The Balaban J connectivity index is 2.14. The molecule has 1 heterocycles. The van der Waals surface area contributed by atoms with Crippen molar-refractivity contribution in [3.63, 3.8) is 0 Å². The molecular weight excluding hydrogens is 90.1 g/mol. The molecule has 42 valence electrons. The van der Waals surface area contributed by atoms with E-state index in [9.17, 15) is 0 Å². The third kappa shape index (κ3) is 1.12. The summed E-state index contributed by atoms with van der Waals surface area (Å²) in [4.78, 5) is 0. The van der Waals surface area contributed by atoms with E-state index in [0.717, 1.165) is 13.1 Å². The predicted octanol–water partition coefficient (Wildman–Crippen LogP) is -0.669. The SMILES string of the molecule is CNN1CCCN1. The molecule has 0 spiro atoms. The minimum atomic E-state index is 1.11. The Bertz CT molecular complexity index is 48.9. The highest BCUT2D eigenvalue weighted by molar-refractivity contribution is 4.54. The fourth-order valence-electron chi connectivity index (χ4n) is 0.721. The molecular formula is C4H11N3. The maximum absolute atomic E-state index is 3.13. The lowest BCUT2D eigenvalue weighted by atomic mass is 10.5. The summed E-state index contributed by atoms with van der Waals surface area (Å²) in [6.07, 6.45) is 1.25. The zero-order valence-electron chi connectivity index (χ0n) is 4.57. The zero-order valence-corrected chi connectivity index (χ0v) is 4.57. The quantitative estimate of drug-likeness (QED) is 0.459. The minimum absolute atomic E-state index is 1.11. The first-order valence-corrected chi connectivity index (χ1v) is 2.62. The first-order chi connectivity index (χ1) is 3.43. The van der Waals surface area contributed by atoms with Crippen LogP contribution in [0.5, 0.6) is 0 Å². The maximum atomic E-state index is 3.13. The molecule has 0 amide bonds. The van der Waals surface area contributed by atoms with E-state index in [-0.39, 0.29) is 0 Å². The van der Waals surface area contributed by atoms with Crippen molar-refractivity contribution in [2.75, 3.05) is 20.1 Å². The molecule has 1 aliphatic heterocycles. The summed E-state index contributed by atoms with van der Waals surface area (Å²) >= 11 is 0. The van der Waals surface area contributed by atoms with Crippen LogP contribution in [0, 0.1) is 0 Å². The number of hydrogen-bond acceptors (Lipinski definition) is 3. The van der Waals surface area contributed by atoms with Crippen molar-refractivity contribution in [1.82, 2.24) is 16.0 Å². The van der Waals surface area contributed by atoms with Gasteiger partial charge in [-0.25, -0.2) is 10.9 Å². The van der Waals surface area contributed by atoms with Crippen LogP contribution in [0.1, 0.15) is 6.42 Å². The first kappa shape index (κ1) is 5.03. The van der Waals surface area contributed by atoms with E-state index in [4.69, 9.17) is 0 Å². The average molecular weight is 101 g/mol. The number of rotatable bonds is 1. The van der Waals surface area contributed by atoms with Crippen molar-refractivity contribution in [3.8, 4) is 0 Å². The summed E-state index contributed by atoms with van der Waals surface area (Å²) < 4.78 is 0. The van der Waals surface area contributed by atoms with Gasteiger partial charge in [0.1, 0.15) is 0 Å². The van der Waals surface area contributed by atoms with Crippen molar-refractivity contribution >= 4 is 0 Å². The van der Waals surface area contributed by atoms with Gasteiger partial charge >= 0.3 is 0 Å². The third-order valence-corrected chi connectivity index (χ3v) is 1.13. The Morgan fingerprint density at radius 3 is 2.86 bits per heavy atom. The second kappa shape index (κ2) is 2.26. The number of nitrogens with one attached hydrogen (secondary N) is 2. The lowest BCUT2D eigenvalue weighted by molar-refractivity contribution is 0.185. The molecule has 1 aliphatic rings. The normalized spacial score (nSPS) is 23.6. The van der Waals surface area contributed by atoms with Crippen molar-refractivity contribution in [2.24, 2.45) is 0 Å². The fourth-order valence-corrected chi connectivity index (χ4v) is 0.721. The van der Waals surface area contributed by atoms with Crippen molar-refractivity contribution < 1.29 is 0 Å². The molecule has 1 saturated heterocycles. The average Bonchev–Trinajstić information content (AvgIpc) is 2.14. The van der Waals surface area contributed by atoms with Gasteiger partial charge in [0.05, 0.1) is 0 Å². The van der Waals surface area contributed by atoms with Crippen molar-refractivity contribution in [1.29, 1.82) is 0 Å². The van der Waals surface area contributed by atoms with Gasteiger partial charge in [-0.05, 0) is 6.42 Å². The fraction of sp³-hybridized carbons (Fsp3) is 1.00.